The van der Waals surface area contributed by atoms with Gasteiger partial charge in [-0.1, -0.05) is 13.8 Å². The van der Waals surface area contributed by atoms with Crippen LogP contribution in [0.3, 0.4) is 0 Å². The molecule has 2 fully saturated rings. The molecular formula is C12H23NO. The van der Waals surface area contributed by atoms with Crippen molar-refractivity contribution in [3.05, 3.63) is 0 Å². The maximum absolute atomic E-state index is 5.54. The first kappa shape index (κ1) is 10.4. The first-order valence-electron chi connectivity index (χ1n) is 6.06. The minimum Gasteiger partial charge on any atom is -0.381 e. The van der Waals surface area contributed by atoms with Crippen LogP contribution in [0.5, 0.6) is 0 Å². The average molecular weight is 197 g/mol. The zero-order valence-electron chi connectivity index (χ0n) is 9.51. The van der Waals surface area contributed by atoms with Gasteiger partial charge in [-0.15, -0.1) is 0 Å². The number of hydrogen-bond acceptors (Lipinski definition) is 2. The fourth-order valence-electron chi connectivity index (χ4n) is 3.22. The van der Waals surface area contributed by atoms with Gasteiger partial charge in [0.2, 0.25) is 0 Å². The van der Waals surface area contributed by atoms with Crippen molar-refractivity contribution < 1.29 is 4.74 Å². The molecule has 1 N–H and O–H groups in total. The Hall–Kier alpha value is -0.0800. The molecule has 0 aromatic heterocycles. The molecule has 14 heavy (non-hydrogen) atoms. The molecule has 0 bridgehead atoms. The van der Waals surface area contributed by atoms with Crippen LogP contribution in [0.15, 0.2) is 0 Å². The van der Waals surface area contributed by atoms with Crippen LogP contribution < -0.4 is 5.32 Å². The van der Waals surface area contributed by atoms with E-state index in [1.54, 1.807) is 0 Å². The molecule has 2 rings (SSSR count). The summed E-state index contributed by atoms with van der Waals surface area (Å²) in [4.78, 5) is 0. The second-order valence-electron chi connectivity index (χ2n) is 5.34. The van der Waals surface area contributed by atoms with Gasteiger partial charge in [0.25, 0.3) is 0 Å². The van der Waals surface area contributed by atoms with Crippen molar-refractivity contribution in [3.8, 4) is 0 Å². The van der Waals surface area contributed by atoms with Crippen molar-refractivity contribution in [2.24, 2.45) is 11.8 Å². The van der Waals surface area contributed by atoms with E-state index in [0.717, 1.165) is 25.0 Å². The molecule has 0 spiro atoms. The third-order valence-electron chi connectivity index (χ3n) is 3.76. The molecule has 2 heterocycles. The monoisotopic (exact) mass is 197 g/mol. The molecule has 2 heteroatoms. The van der Waals surface area contributed by atoms with Gasteiger partial charge in [-0.25, -0.2) is 0 Å². The predicted octanol–water partition coefficient (Wildman–Crippen LogP) is 2.19. The molecule has 2 atom stereocenters. The standard InChI is InChI=1S/C12H23NO/c1-10(2)8-12(5-3-6-13-12)11-4-7-14-9-11/h10-11,13H,3-9H2,1-2H3. The Labute approximate surface area is 87.4 Å². The van der Waals surface area contributed by atoms with Crippen molar-refractivity contribution in [1.29, 1.82) is 0 Å². The molecule has 0 aromatic carbocycles. The molecule has 2 aliphatic rings. The Balaban J connectivity index is 2.04. The van der Waals surface area contributed by atoms with E-state index in [0.29, 0.717) is 5.54 Å². The number of nitrogens with one attached hydrogen (secondary N) is 1. The Morgan fingerprint density at radius 3 is 2.86 bits per heavy atom. The second kappa shape index (κ2) is 4.19. The molecule has 0 amide bonds. The lowest BCUT2D eigenvalue weighted by Gasteiger charge is -2.36. The van der Waals surface area contributed by atoms with Crippen molar-refractivity contribution >= 4 is 0 Å². The number of hydrogen-bond donors (Lipinski definition) is 1. The highest BCUT2D eigenvalue weighted by Crippen LogP contribution is 2.37. The predicted molar refractivity (Wildman–Crippen MR) is 58.3 cm³/mol. The minimum atomic E-state index is 0.421. The Morgan fingerprint density at radius 2 is 2.36 bits per heavy atom. The van der Waals surface area contributed by atoms with Crippen LogP contribution in [0.2, 0.25) is 0 Å². The summed E-state index contributed by atoms with van der Waals surface area (Å²) < 4.78 is 5.54. The van der Waals surface area contributed by atoms with Gasteiger partial charge in [-0.05, 0) is 38.1 Å². The fraction of sp³-hybridized carbons (Fsp3) is 1.00. The highest BCUT2D eigenvalue weighted by atomic mass is 16.5. The normalized spacial score (nSPS) is 38.4. The third kappa shape index (κ3) is 1.96. The fourth-order valence-corrected chi connectivity index (χ4v) is 3.22. The van der Waals surface area contributed by atoms with E-state index >= 15 is 0 Å². The summed E-state index contributed by atoms with van der Waals surface area (Å²) in [6.07, 6.45) is 5.29. The van der Waals surface area contributed by atoms with Gasteiger partial charge in [0, 0.05) is 18.1 Å². The van der Waals surface area contributed by atoms with Crippen LogP contribution in [0.4, 0.5) is 0 Å². The van der Waals surface area contributed by atoms with E-state index in [1.807, 2.05) is 0 Å². The summed E-state index contributed by atoms with van der Waals surface area (Å²) >= 11 is 0. The van der Waals surface area contributed by atoms with E-state index < -0.39 is 0 Å². The topological polar surface area (TPSA) is 21.3 Å². The van der Waals surface area contributed by atoms with Crippen LogP contribution in [-0.2, 0) is 4.74 Å². The minimum absolute atomic E-state index is 0.421. The Morgan fingerprint density at radius 1 is 1.50 bits per heavy atom. The Bertz CT molecular complexity index is 179. The molecule has 2 saturated heterocycles. The van der Waals surface area contributed by atoms with Gasteiger partial charge in [0.15, 0.2) is 0 Å². The average Bonchev–Trinajstić information content (AvgIpc) is 2.69. The molecule has 2 aliphatic heterocycles. The van der Waals surface area contributed by atoms with Gasteiger partial charge < -0.3 is 10.1 Å². The highest BCUT2D eigenvalue weighted by Gasteiger charge is 2.42. The molecule has 2 unspecified atom stereocenters. The molecular weight excluding hydrogens is 174 g/mol. The molecule has 0 radical (unpaired) electrons. The van der Waals surface area contributed by atoms with Crippen LogP contribution >= 0.6 is 0 Å². The maximum atomic E-state index is 5.54. The Kier molecular flexibility index (Phi) is 3.13. The van der Waals surface area contributed by atoms with E-state index in [-0.39, 0.29) is 0 Å². The van der Waals surface area contributed by atoms with Gasteiger partial charge in [-0.3, -0.25) is 0 Å². The van der Waals surface area contributed by atoms with Gasteiger partial charge in [0.05, 0.1) is 6.61 Å². The lowest BCUT2D eigenvalue weighted by Crippen LogP contribution is -2.48. The quantitative estimate of drug-likeness (QED) is 0.749. The summed E-state index contributed by atoms with van der Waals surface area (Å²) in [6, 6.07) is 0. The smallest absolute Gasteiger partial charge is 0.0512 e. The van der Waals surface area contributed by atoms with Crippen LogP contribution in [0, 0.1) is 11.8 Å². The van der Waals surface area contributed by atoms with Crippen LogP contribution in [0.1, 0.15) is 39.5 Å². The molecule has 2 nitrogen and oxygen atoms in total. The van der Waals surface area contributed by atoms with Crippen LogP contribution in [0.25, 0.3) is 0 Å². The summed E-state index contributed by atoms with van der Waals surface area (Å²) in [7, 11) is 0. The van der Waals surface area contributed by atoms with E-state index in [1.165, 1.54) is 32.2 Å². The summed E-state index contributed by atoms with van der Waals surface area (Å²) in [5.41, 5.74) is 0.421. The van der Waals surface area contributed by atoms with Gasteiger partial charge >= 0.3 is 0 Å². The highest BCUT2D eigenvalue weighted by molar-refractivity contribution is 4.99. The van der Waals surface area contributed by atoms with Crippen molar-refractivity contribution in [2.45, 2.75) is 45.1 Å². The zero-order valence-corrected chi connectivity index (χ0v) is 9.51. The van der Waals surface area contributed by atoms with E-state index in [9.17, 15) is 0 Å². The van der Waals surface area contributed by atoms with Crippen molar-refractivity contribution in [1.82, 2.24) is 5.32 Å². The summed E-state index contributed by atoms with van der Waals surface area (Å²) in [6.45, 7) is 7.84. The lowest BCUT2D eigenvalue weighted by atomic mass is 9.76. The van der Waals surface area contributed by atoms with E-state index in [2.05, 4.69) is 19.2 Å². The number of rotatable bonds is 3. The molecule has 0 aliphatic carbocycles. The summed E-state index contributed by atoms with van der Waals surface area (Å²) in [5.74, 6) is 1.56. The van der Waals surface area contributed by atoms with E-state index in [4.69, 9.17) is 4.74 Å². The molecule has 0 saturated carbocycles. The number of ether oxygens (including phenoxy) is 1. The third-order valence-corrected chi connectivity index (χ3v) is 3.76. The first-order valence-corrected chi connectivity index (χ1v) is 6.06. The zero-order chi connectivity index (χ0) is 10.0. The molecule has 82 valence electrons. The van der Waals surface area contributed by atoms with Crippen molar-refractivity contribution in [3.63, 3.8) is 0 Å². The van der Waals surface area contributed by atoms with Crippen LogP contribution in [-0.4, -0.2) is 25.3 Å². The maximum Gasteiger partial charge on any atom is 0.0512 e. The molecule has 0 aromatic rings. The lowest BCUT2D eigenvalue weighted by molar-refractivity contribution is 0.141. The largest absolute Gasteiger partial charge is 0.381 e. The summed E-state index contributed by atoms with van der Waals surface area (Å²) in [5, 5.41) is 3.76. The van der Waals surface area contributed by atoms with Gasteiger partial charge in [-0.2, -0.15) is 0 Å². The first-order chi connectivity index (χ1) is 6.73. The van der Waals surface area contributed by atoms with Gasteiger partial charge in [0.1, 0.15) is 0 Å². The van der Waals surface area contributed by atoms with Crippen molar-refractivity contribution in [2.75, 3.05) is 19.8 Å². The SMILES string of the molecule is CC(C)CC1(C2CCOC2)CCCN1. The second-order valence-corrected chi connectivity index (χ2v) is 5.34.